The summed E-state index contributed by atoms with van der Waals surface area (Å²) in [4.78, 5) is 10.8. The molecule has 0 aromatic rings. The minimum atomic E-state index is -2.92. The second-order valence-corrected chi connectivity index (χ2v) is 6.02. The lowest BCUT2D eigenvalue weighted by Crippen LogP contribution is -2.46. The maximum atomic E-state index is 11.2. The summed E-state index contributed by atoms with van der Waals surface area (Å²) in [6, 6.07) is 0. The first-order valence-electron chi connectivity index (χ1n) is 4.39. The molecule has 5 nitrogen and oxygen atoms in total. The maximum absolute atomic E-state index is 11.2. The second kappa shape index (κ2) is 3.86. The maximum Gasteiger partial charge on any atom is 0.319 e. The molecule has 0 saturated carbocycles. The van der Waals surface area contributed by atoms with E-state index in [4.69, 9.17) is 0 Å². The van der Waals surface area contributed by atoms with Crippen molar-refractivity contribution < 1.29 is 17.9 Å². The number of hydrogen-bond donors (Lipinski definition) is 1. The molecular formula is C8H15NO4S. The Morgan fingerprint density at radius 3 is 2.64 bits per heavy atom. The van der Waals surface area contributed by atoms with Crippen LogP contribution in [0.4, 0.5) is 0 Å². The Hall–Kier alpha value is -0.620. The SMILES string of the molecule is COC(=O)CNC1(C)CCS(=O)(=O)C1. The Kier molecular flexibility index (Phi) is 3.16. The molecule has 6 heteroatoms. The third-order valence-electron chi connectivity index (χ3n) is 2.39. The highest BCUT2D eigenvalue weighted by molar-refractivity contribution is 7.91. The van der Waals surface area contributed by atoms with Crippen LogP contribution in [0.2, 0.25) is 0 Å². The van der Waals surface area contributed by atoms with Crippen LogP contribution in [0, 0.1) is 0 Å². The van der Waals surface area contributed by atoms with E-state index >= 15 is 0 Å². The van der Waals surface area contributed by atoms with Crippen LogP contribution in [-0.2, 0) is 19.4 Å². The number of hydrogen-bond acceptors (Lipinski definition) is 5. The topological polar surface area (TPSA) is 72.5 Å². The third-order valence-corrected chi connectivity index (χ3v) is 4.29. The van der Waals surface area contributed by atoms with Crippen molar-refractivity contribution >= 4 is 15.8 Å². The highest BCUT2D eigenvalue weighted by Crippen LogP contribution is 2.22. The van der Waals surface area contributed by atoms with Gasteiger partial charge in [0.25, 0.3) is 0 Å². The standard InChI is InChI=1S/C8H15NO4S/c1-8(9-5-7(10)13-2)3-4-14(11,12)6-8/h9H,3-6H2,1-2H3. The lowest BCUT2D eigenvalue weighted by atomic mass is 10.0. The Morgan fingerprint density at radius 2 is 2.21 bits per heavy atom. The lowest BCUT2D eigenvalue weighted by Gasteiger charge is -2.22. The summed E-state index contributed by atoms with van der Waals surface area (Å²) in [6.07, 6.45) is 0.548. The van der Waals surface area contributed by atoms with E-state index in [-0.39, 0.29) is 24.0 Å². The molecular weight excluding hydrogens is 206 g/mol. The molecule has 1 unspecified atom stereocenters. The molecule has 1 aliphatic heterocycles. The van der Waals surface area contributed by atoms with Crippen LogP contribution in [0.5, 0.6) is 0 Å². The molecule has 1 fully saturated rings. The fourth-order valence-corrected chi connectivity index (χ4v) is 3.63. The van der Waals surface area contributed by atoms with Gasteiger partial charge in [-0.25, -0.2) is 8.42 Å². The molecule has 82 valence electrons. The molecule has 1 atom stereocenters. The first kappa shape index (κ1) is 11.5. The summed E-state index contributed by atoms with van der Waals surface area (Å²) < 4.78 is 26.9. The number of nitrogens with one attached hydrogen (secondary N) is 1. The average Bonchev–Trinajstić information content (AvgIpc) is 2.37. The van der Waals surface area contributed by atoms with Gasteiger partial charge in [-0.15, -0.1) is 0 Å². The molecule has 0 aromatic carbocycles. The smallest absolute Gasteiger partial charge is 0.319 e. The summed E-state index contributed by atoms with van der Waals surface area (Å²) in [5.41, 5.74) is -0.479. The third kappa shape index (κ3) is 2.95. The largest absolute Gasteiger partial charge is 0.468 e. The van der Waals surface area contributed by atoms with Gasteiger partial charge in [-0.05, 0) is 13.3 Å². The molecule has 1 aliphatic rings. The van der Waals surface area contributed by atoms with Crippen LogP contribution in [0.15, 0.2) is 0 Å². The Labute approximate surface area is 83.7 Å². The van der Waals surface area contributed by atoms with Crippen LogP contribution in [0.1, 0.15) is 13.3 Å². The zero-order valence-electron chi connectivity index (χ0n) is 8.37. The molecule has 0 aliphatic carbocycles. The molecule has 0 bridgehead atoms. The van der Waals surface area contributed by atoms with Gasteiger partial charge in [0, 0.05) is 5.54 Å². The molecule has 1 saturated heterocycles. The Morgan fingerprint density at radius 1 is 1.57 bits per heavy atom. The zero-order valence-corrected chi connectivity index (χ0v) is 9.19. The Bertz CT molecular complexity index is 324. The van der Waals surface area contributed by atoms with Crippen molar-refractivity contribution in [1.29, 1.82) is 0 Å². The molecule has 0 amide bonds. The minimum Gasteiger partial charge on any atom is -0.468 e. The first-order valence-corrected chi connectivity index (χ1v) is 6.21. The van der Waals surface area contributed by atoms with Crippen molar-refractivity contribution in [3.63, 3.8) is 0 Å². The lowest BCUT2D eigenvalue weighted by molar-refractivity contribution is -0.139. The van der Waals surface area contributed by atoms with E-state index < -0.39 is 15.4 Å². The fourth-order valence-electron chi connectivity index (χ4n) is 1.51. The van der Waals surface area contributed by atoms with Crippen LogP contribution in [0.25, 0.3) is 0 Å². The van der Waals surface area contributed by atoms with Crippen LogP contribution < -0.4 is 5.32 Å². The monoisotopic (exact) mass is 221 g/mol. The van der Waals surface area contributed by atoms with E-state index in [0.29, 0.717) is 6.42 Å². The van der Waals surface area contributed by atoms with Gasteiger partial charge in [-0.2, -0.15) is 0 Å². The molecule has 1 heterocycles. The van der Waals surface area contributed by atoms with Gasteiger partial charge in [-0.3, -0.25) is 4.79 Å². The summed E-state index contributed by atoms with van der Waals surface area (Å²) in [5.74, 6) is -0.0928. The molecule has 1 rings (SSSR count). The van der Waals surface area contributed by atoms with Gasteiger partial charge in [0.2, 0.25) is 0 Å². The number of ether oxygens (including phenoxy) is 1. The number of rotatable bonds is 3. The van der Waals surface area contributed by atoms with Gasteiger partial charge in [-0.1, -0.05) is 0 Å². The van der Waals surface area contributed by atoms with Gasteiger partial charge in [0.15, 0.2) is 9.84 Å². The van der Waals surface area contributed by atoms with Crippen molar-refractivity contribution in [3.8, 4) is 0 Å². The highest BCUT2D eigenvalue weighted by atomic mass is 32.2. The van der Waals surface area contributed by atoms with E-state index in [1.54, 1.807) is 6.92 Å². The number of carbonyl (C=O) groups excluding carboxylic acids is 1. The highest BCUT2D eigenvalue weighted by Gasteiger charge is 2.38. The van der Waals surface area contributed by atoms with E-state index in [1.807, 2.05) is 0 Å². The van der Waals surface area contributed by atoms with Gasteiger partial charge >= 0.3 is 5.97 Å². The fraction of sp³-hybridized carbons (Fsp3) is 0.875. The van der Waals surface area contributed by atoms with Crippen molar-refractivity contribution in [3.05, 3.63) is 0 Å². The predicted octanol–water partition coefficient (Wildman–Crippen LogP) is -0.674. The zero-order chi connectivity index (χ0) is 10.8. The van der Waals surface area contributed by atoms with Crippen molar-refractivity contribution in [2.75, 3.05) is 25.2 Å². The summed E-state index contributed by atoms with van der Waals surface area (Å²) in [5, 5.41) is 2.91. The van der Waals surface area contributed by atoms with Crippen LogP contribution in [-0.4, -0.2) is 45.1 Å². The summed E-state index contributed by atoms with van der Waals surface area (Å²) in [6.45, 7) is 1.86. The molecule has 0 spiro atoms. The second-order valence-electron chi connectivity index (χ2n) is 3.83. The van der Waals surface area contributed by atoms with Crippen LogP contribution >= 0.6 is 0 Å². The number of methoxy groups -OCH3 is 1. The summed E-state index contributed by atoms with van der Waals surface area (Å²) >= 11 is 0. The molecule has 0 aromatic heterocycles. The average molecular weight is 221 g/mol. The van der Waals surface area contributed by atoms with E-state index in [9.17, 15) is 13.2 Å². The van der Waals surface area contributed by atoms with Crippen molar-refractivity contribution in [2.45, 2.75) is 18.9 Å². The van der Waals surface area contributed by atoms with Gasteiger partial charge in [0.05, 0.1) is 25.2 Å². The van der Waals surface area contributed by atoms with E-state index in [1.165, 1.54) is 7.11 Å². The summed E-state index contributed by atoms with van der Waals surface area (Å²) in [7, 11) is -1.62. The van der Waals surface area contributed by atoms with Crippen molar-refractivity contribution in [1.82, 2.24) is 5.32 Å². The van der Waals surface area contributed by atoms with Crippen molar-refractivity contribution in [2.24, 2.45) is 0 Å². The molecule has 14 heavy (non-hydrogen) atoms. The van der Waals surface area contributed by atoms with E-state index in [0.717, 1.165) is 0 Å². The quantitative estimate of drug-likeness (QED) is 0.640. The van der Waals surface area contributed by atoms with Crippen LogP contribution in [0.3, 0.4) is 0 Å². The predicted molar refractivity (Wildman–Crippen MR) is 51.7 cm³/mol. The molecule has 1 N–H and O–H groups in total. The van der Waals surface area contributed by atoms with Gasteiger partial charge in [0.1, 0.15) is 0 Å². The Balaban J connectivity index is 2.49. The van der Waals surface area contributed by atoms with Gasteiger partial charge < -0.3 is 10.1 Å². The first-order chi connectivity index (χ1) is 6.37. The molecule has 0 radical (unpaired) electrons. The minimum absolute atomic E-state index is 0.0581. The number of esters is 1. The normalized spacial score (nSPS) is 30.1. The number of sulfone groups is 1. The number of carbonyl (C=O) groups is 1. The van der Waals surface area contributed by atoms with E-state index in [2.05, 4.69) is 10.1 Å².